The largest absolute Gasteiger partial charge is 0.488 e. The molecule has 0 amide bonds. The molecule has 1 heterocycles. The van der Waals surface area contributed by atoms with Crippen molar-refractivity contribution in [3.63, 3.8) is 0 Å². The molecule has 0 radical (unpaired) electrons. The van der Waals surface area contributed by atoms with Gasteiger partial charge >= 0.3 is 10.5 Å². The van der Waals surface area contributed by atoms with Gasteiger partial charge in [0, 0.05) is 13.6 Å². The first-order valence-corrected chi connectivity index (χ1v) is 7.01. The average molecular weight is 337 g/mol. The molecule has 2 aromatic rings. The Labute approximate surface area is 128 Å². The minimum absolute atomic E-state index is 0. The molecule has 0 aliphatic carbocycles. The molecule has 0 saturated heterocycles. The van der Waals surface area contributed by atoms with Crippen LogP contribution >= 0.6 is 12.4 Å². The molecule has 21 heavy (non-hydrogen) atoms. The smallest absolute Gasteiger partial charge is 0.358 e. The molecular weight excluding hydrogens is 323 g/mol. The summed E-state index contributed by atoms with van der Waals surface area (Å²) >= 11 is 0. The van der Waals surface area contributed by atoms with E-state index in [0.29, 0.717) is 13.1 Å². The first kappa shape index (κ1) is 17.3. The van der Waals surface area contributed by atoms with Crippen LogP contribution in [0.15, 0.2) is 30.6 Å². The highest BCUT2D eigenvalue weighted by atomic mass is 35.5. The minimum atomic E-state index is -4.97. The van der Waals surface area contributed by atoms with E-state index in [1.54, 1.807) is 23.0 Å². The Balaban J connectivity index is 0.00000220. The number of rotatable bonds is 6. The summed E-state index contributed by atoms with van der Waals surface area (Å²) in [6.07, 6.45) is 1.61. The molecule has 1 aromatic heterocycles. The van der Waals surface area contributed by atoms with Crippen LogP contribution in [0.3, 0.4) is 0 Å². The number of aryl methyl sites for hydroxylation is 1. The fraction of sp³-hybridized carbons (Fsp3) is 0.273. The maximum Gasteiger partial charge on any atom is 0.488 e. The maximum atomic E-state index is 12.3. The molecule has 1 aromatic carbocycles. The predicted octanol–water partition coefficient (Wildman–Crippen LogP) is 1.12. The first-order chi connectivity index (χ1) is 9.44. The van der Waals surface area contributed by atoms with Crippen molar-refractivity contribution in [2.75, 3.05) is 0 Å². The van der Waals surface area contributed by atoms with Gasteiger partial charge < -0.3 is 14.1 Å². The Morgan fingerprint density at radius 2 is 1.95 bits per heavy atom. The molecule has 10 heteroatoms. The SMILES string of the molecule is Cl.Cn1cnnc1CNCc1ccc(OS(=O)(=O)F)cc1. The van der Waals surface area contributed by atoms with Gasteiger partial charge in [0.1, 0.15) is 17.9 Å². The van der Waals surface area contributed by atoms with E-state index in [2.05, 4.69) is 19.7 Å². The summed E-state index contributed by atoms with van der Waals surface area (Å²) in [5.41, 5.74) is 0.899. The molecular formula is C11H14ClFN4O3S. The van der Waals surface area contributed by atoms with Crippen molar-refractivity contribution in [3.8, 4) is 5.75 Å². The molecule has 0 aliphatic heterocycles. The molecule has 116 valence electrons. The average Bonchev–Trinajstić information content (AvgIpc) is 2.76. The number of hydrogen-bond acceptors (Lipinski definition) is 6. The van der Waals surface area contributed by atoms with Gasteiger partial charge in [0.15, 0.2) is 0 Å². The fourth-order valence-corrected chi connectivity index (χ4v) is 1.90. The van der Waals surface area contributed by atoms with Crippen molar-refractivity contribution in [3.05, 3.63) is 42.0 Å². The molecule has 0 unspecified atom stereocenters. The monoisotopic (exact) mass is 336 g/mol. The van der Waals surface area contributed by atoms with Crippen molar-refractivity contribution >= 4 is 22.9 Å². The molecule has 0 fully saturated rings. The minimum Gasteiger partial charge on any atom is -0.358 e. The highest BCUT2D eigenvalue weighted by molar-refractivity contribution is 7.81. The van der Waals surface area contributed by atoms with Gasteiger partial charge in [0.2, 0.25) is 0 Å². The van der Waals surface area contributed by atoms with Gasteiger partial charge in [-0.05, 0) is 17.7 Å². The Morgan fingerprint density at radius 1 is 1.29 bits per heavy atom. The van der Waals surface area contributed by atoms with Gasteiger partial charge in [0.25, 0.3) is 0 Å². The normalized spacial score (nSPS) is 11.0. The van der Waals surface area contributed by atoms with Crippen LogP contribution in [-0.2, 0) is 30.6 Å². The van der Waals surface area contributed by atoms with Crippen LogP contribution in [0.25, 0.3) is 0 Å². The van der Waals surface area contributed by atoms with Crippen molar-refractivity contribution < 1.29 is 16.5 Å². The molecule has 0 aliphatic rings. The molecule has 0 bridgehead atoms. The molecule has 0 atom stereocenters. The number of nitrogens with one attached hydrogen (secondary N) is 1. The van der Waals surface area contributed by atoms with E-state index in [-0.39, 0.29) is 18.2 Å². The second-order valence-electron chi connectivity index (χ2n) is 4.08. The van der Waals surface area contributed by atoms with E-state index in [9.17, 15) is 12.3 Å². The van der Waals surface area contributed by atoms with Gasteiger partial charge in [-0.1, -0.05) is 16.0 Å². The Hall–Kier alpha value is -1.71. The van der Waals surface area contributed by atoms with Gasteiger partial charge in [-0.25, -0.2) is 0 Å². The zero-order chi connectivity index (χ0) is 14.6. The summed E-state index contributed by atoms with van der Waals surface area (Å²) in [6.45, 7) is 1.10. The number of hydrogen-bond donors (Lipinski definition) is 1. The summed E-state index contributed by atoms with van der Waals surface area (Å²) in [6, 6.07) is 6.06. The zero-order valence-corrected chi connectivity index (χ0v) is 12.7. The summed E-state index contributed by atoms with van der Waals surface area (Å²) in [7, 11) is -3.13. The van der Waals surface area contributed by atoms with Gasteiger partial charge in [-0.15, -0.1) is 22.6 Å². The Kier molecular flexibility index (Phi) is 6.06. The lowest BCUT2D eigenvalue weighted by Crippen LogP contribution is -2.15. The third-order valence-electron chi connectivity index (χ3n) is 2.54. The van der Waals surface area contributed by atoms with E-state index in [1.807, 2.05) is 7.05 Å². The number of nitrogens with zero attached hydrogens (tertiary/aromatic N) is 3. The summed E-state index contributed by atoms with van der Waals surface area (Å²) in [5, 5.41) is 10.8. The van der Waals surface area contributed by atoms with Gasteiger partial charge in [0.05, 0.1) is 6.54 Å². The lowest BCUT2D eigenvalue weighted by atomic mass is 10.2. The van der Waals surface area contributed by atoms with Gasteiger partial charge in [-0.3, -0.25) is 0 Å². The van der Waals surface area contributed by atoms with Crippen LogP contribution < -0.4 is 9.50 Å². The second kappa shape index (κ2) is 7.34. The quantitative estimate of drug-likeness (QED) is 0.796. The van der Waals surface area contributed by atoms with E-state index >= 15 is 0 Å². The van der Waals surface area contributed by atoms with Crippen LogP contribution in [0.4, 0.5) is 3.89 Å². The fourth-order valence-electron chi connectivity index (χ4n) is 1.56. The number of halogens is 2. The molecule has 2 rings (SSSR count). The van der Waals surface area contributed by atoms with Crippen LogP contribution in [0.2, 0.25) is 0 Å². The third-order valence-corrected chi connectivity index (χ3v) is 2.93. The predicted molar refractivity (Wildman–Crippen MR) is 75.9 cm³/mol. The Bertz CT molecular complexity index is 675. The van der Waals surface area contributed by atoms with Crippen LogP contribution in [0.5, 0.6) is 5.75 Å². The molecule has 7 nitrogen and oxygen atoms in total. The Morgan fingerprint density at radius 3 is 2.48 bits per heavy atom. The third kappa shape index (κ3) is 5.66. The summed E-state index contributed by atoms with van der Waals surface area (Å²) in [4.78, 5) is 0. The lowest BCUT2D eigenvalue weighted by molar-refractivity contribution is 0.440. The zero-order valence-electron chi connectivity index (χ0n) is 11.1. The van der Waals surface area contributed by atoms with Crippen LogP contribution in [0, 0.1) is 0 Å². The highest BCUT2D eigenvalue weighted by Crippen LogP contribution is 2.14. The van der Waals surface area contributed by atoms with Crippen molar-refractivity contribution in [1.29, 1.82) is 0 Å². The highest BCUT2D eigenvalue weighted by Gasteiger charge is 2.09. The van der Waals surface area contributed by atoms with Crippen LogP contribution in [0.1, 0.15) is 11.4 Å². The molecule has 0 saturated carbocycles. The maximum absolute atomic E-state index is 12.3. The van der Waals surface area contributed by atoms with E-state index in [1.165, 1.54) is 12.1 Å². The number of aromatic nitrogens is 3. The summed E-state index contributed by atoms with van der Waals surface area (Å²) < 4.78 is 38.8. The van der Waals surface area contributed by atoms with E-state index < -0.39 is 10.5 Å². The standard InChI is InChI=1S/C11H13FN4O3S.ClH/c1-16-8-14-15-11(16)7-13-6-9-2-4-10(5-3-9)19-20(12,17)18;/h2-5,8,13H,6-7H2,1H3;1H. The molecule has 1 N–H and O–H groups in total. The van der Waals surface area contributed by atoms with E-state index in [4.69, 9.17) is 0 Å². The second-order valence-corrected chi connectivity index (χ2v) is 5.03. The lowest BCUT2D eigenvalue weighted by Gasteiger charge is -2.05. The topological polar surface area (TPSA) is 86.1 Å². The summed E-state index contributed by atoms with van der Waals surface area (Å²) in [5.74, 6) is 0.734. The van der Waals surface area contributed by atoms with Crippen molar-refractivity contribution in [2.24, 2.45) is 7.05 Å². The van der Waals surface area contributed by atoms with E-state index in [0.717, 1.165) is 11.4 Å². The molecule has 0 spiro atoms. The van der Waals surface area contributed by atoms with Crippen molar-refractivity contribution in [2.45, 2.75) is 13.1 Å². The number of benzene rings is 1. The van der Waals surface area contributed by atoms with Crippen LogP contribution in [-0.4, -0.2) is 23.2 Å². The van der Waals surface area contributed by atoms with Crippen molar-refractivity contribution in [1.82, 2.24) is 20.1 Å². The first-order valence-electron chi connectivity index (χ1n) is 5.70. The van der Waals surface area contributed by atoms with Gasteiger partial charge in [-0.2, -0.15) is 8.42 Å².